The molecule has 0 spiro atoms. The van der Waals surface area contributed by atoms with Crippen LogP contribution in [0.1, 0.15) is 62.2 Å². The zero-order valence-corrected chi connectivity index (χ0v) is 31.3. The van der Waals surface area contributed by atoms with Gasteiger partial charge in [0.05, 0.1) is 5.56 Å². The van der Waals surface area contributed by atoms with Gasteiger partial charge >= 0.3 is 11.9 Å². The van der Waals surface area contributed by atoms with Crippen LogP contribution < -0.4 is 0 Å². The Morgan fingerprint density at radius 3 is 1.07 bits per heavy atom. The van der Waals surface area contributed by atoms with Crippen LogP contribution in [-0.2, 0) is 33.4 Å². The fourth-order valence-electron chi connectivity index (χ4n) is 5.50. The van der Waals surface area contributed by atoms with E-state index in [-0.39, 0.29) is 30.1 Å². The quantitative estimate of drug-likeness (QED) is 0.0716. The molecule has 0 fully saturated rings. The third-order valence-electron chi connectivity index (χ3n) is 8.98. The zero-order chi connectivity index (χ0) is 40.2. The van der Waals surface area contributed by atoms with Gasteiger partial charge in [0.1, 0.15) is 22.7 Å². The number of allylic oxidation sites excluding steroid dienone is 8. The van der Waals surface area contributed by atoms with Gasteiger partial charge in [-0.1, -0.05) is 129 Å². The monoisotopic (exact) mass is 758 g/mol. The number of carbonyl (C=O) groups is 6. The topological polar surface area (TPSA) is 121 Å². The molecule has 4 aromatic rings. The molecule has 0 unspecified atom stereocenters. The maximum absolute atomic E-state index is 12.6. The van der Waals surface area contributed by atoms with Gasteiger partial charge in [-0.15, -0.1) is 0 Å². The van der Waals surface area contributed by atoms with Crippen molar-refractivity contribution in [2.75, 3.05) is 0 Å². The Balaban J connectivity index is 0.000000249. The van der Waals surface area contributed by atoms with Crippen molar-refractivity contribution in [2.45, 2.75) is 35.1 Å². The highest BCUT2D eigenvalue weighted by atomic mass is 16.5. The molecule has 8 nitrogen and oxygen atoms in total. The molecule has 0 saturated carbocycles. The number of esters is 2. The molecule has 286 valence electrons. The molecule has 6 rings (SSSR count). The third kappa shape index (κ3) is 10.7. The molecule has 0 atom stereocenters. The lowest BCUT2D eigenvalue weighted by Gasteiger charge is -2.08. The Labute approximate surface area is 332 Å². The molecule has 57 heavy (non-hydrogen) atoms. The van der Waals surface area contributed by atoms with Gasteiger partial charge in [0.25, 0.3) is 0 Å². The number of hydrogen-bond acceptors (Lipinski definition) is 8. The van der Waals surface area contributed by atoms with Crippen LogP contribution in [0.25, 0.3) is 18.2 Å². The van der Waals surface area contributed by atoms with Crippen molar-refractivity contribution in [3.8, 4) is 0 Å². The van der Waals surface area contributed by atoms with Crippen molar-refractivity contribution < 1.29 is 38.2 Å². The van der Waals surface area contributed by atoms with Gasteiger partial charge in [0.15, 0.2) is 23.1 Å². The van der Waals surface area contributed by atoms with Crippen LogP contribution in [0, 0.1) is 0 Å². The average Bonchev–Trinajstić information content (AvgIpc) is 3.54. The van der Waals surface area contributed by atoms with Crippen LogP contribution in [0.3, 0.4) is 0 Å². The first kappa shape index (κ1) is 42.4. The number of benzene rings is 4. The molecule has 0 bridgehead atoms. The molecule has 2 aliphatic rings. The molecular formula is C49H42O8. The molecular weight excluding hydrogens is 717 g/mol. The predicted molar refractivity (Wildman–Crippen MR) is 222 cm³/mol. The van der Waals surface area contributed by atoms with E-state index in [9.17, 15) is 28.8 Å². The van der Waals surface area contributed by atoms with E-state index in [0.717, 1.165) is 16.7 Å². The Hall–Kier alpha value is -7.32. The number of carbonyl (C=O) groups excluding carboxylic acids is 6. The average molecular weight is 759 g/mol. The lowest BCUT2D eigenvalue weighted by molar-refractivity contribution is -0.133. The minimum absolute atomic E-state index is 0. The van der Waals surface area contributed by atoms with Crippen LogP contribution in [0.4, 0.5) is 0 Å². The van der Waals surface area contributed by atoms with Crippen molar-refractivity contribution in [2.24, 2.45) is 0 Å². The fourth-order valence-corrected chi connectivity index (χ4v) is 5.50. The van der Waals surface area contributed by atoms with Gasteiger partial charge in [-0.3, -0.25) is 19.2 Å². The number of hydrogen-bond donors (Lipinski definition) is 0. The molecule has 0 heterocycles. The largest absolute Gasteiger partial charge is 0.422 e. The third-order valence-corrected chi connectivity index (χ3v) is 8.98. The summed E-state index contributed by atoms with van der Waals surface area (Å²) in [6, 6.07) is 36.4. The summed E-state index contributed by atoms with van der Waals surface area (Å²) in [4.78, 5) is 75.0. The molecule has 0 N–H and O–H groups in total. The van der Waals surface area contributed by atoms with Gasteiger partial charge in [-0.2, -0.15) is 0 Å². The molecule has 0 aliphatic heterocycles. The highest BCUT2D eigenvalue weighted by molar-refractivity contribution is 6.38. The zero-order valence-electron chi connectivity index (χ0n) is 31.3. The first-order valence-electron chi connectivity index (χ1n) is 17.7. The second kappa shape index (κ2) is 19.8. The standard InChI is InChI=1S/C25H20O4.C23H18O4.CH4/c1-17-18(2)25(28)23(24(17)27)21(15-13-19-9-5-3-6-10-19)29-22(26)16-14-20-11-7-4-8-12-20;1-15-16(2)22(25)20(21(15)24)19(14-13-17-9-5-3-6-10-17)27-23(26)18-11-7-4-8-12-18;/h3-16H,1-2H3;3-14H,1-2H3;1H4/b15-13+,16-14+;14-13+;. The molecule has 2 aliphatic carbocycles. The van der Waals surface area contributed by atoms with Gasteiger partial charge in [0, 0.05) is 28.4 Å². The van der Waals surface area contributed by atoms with Gasteiger partial charge < -0.3 is 9.47 Å². The summed E-state index contributed by atoms with van der Waals surface area (Å²) in [5.41, 5.74) is 4.12. The number of rotatable bonds is 9. The normalized spacial score (nSPS) is 14.0. The van der Waals surface area contributed by atoms with Crippen LogP contribution in [0.5, 0.6) is 0 Å². The SMILES string of the molecule is C.CC1=C(C)C(=O)C(=C(/C=C/c2ccccc2)OC(=O)/C=C/c2ccccc2)C1=O.CC1=C(C)C(=O)C(=C(/C=C/c2ccccc2)OC(=O)c2ccccc2)C1=O. The van der Waals surface area contributed by atoms with E-state index in [2.05, 4.69) is 0 Å². The van der Waals surface area contributed by atoms with Crippen molar-refractivity contribution in [3.05, 3.63) is 207 Å². The lowest BCUT2D eigenvalue weighted by atomic mass is 10.1. The highest BCUT2D eigenvalue weighted by Gasteiger charge is 2.35. The molecule has 0 radical (unpaired) electrons. The number of ether oxygens (including phenoxy) is 2. The Bertz CT molecular complexity index is 2350. The van der Waals surface area contributed by atoms with E-state index in [1.54, 1.807) is 76.3 Å². The van der Waals surface area contributed by atoms with Crippen molar-refractivity contribution in [1.29, 1.82) is 0 Å². The first-order chi connectivity index (χ1) is 27.0. The summed E-state index contributed by atoms with van der Waals surface area (Å²) in [5.74, 6) is -3.05. The summed E-state index contributed by atoms with van der Waals surface area (Å²) in [5, 5.41) is 0. The van der Waals surface area contributed by atoms with E-state index in [4.69, 9.17) is 9.47 Å². The van der Waals surface area contributed by atoms with Gasteiger partial charge in [-0.05, 0) is 74.7 Å². The first-order valence-corrected chi connectivity index (χ1v) is 17.7. The van der Waals surface area contributed by atoms with Crippen LogP contribution in [-0.4, -0.2) is 35.1 Å². The second-order valence-electron chi connectivity index (χ2n) is 12.7. The maximum Gasteiger partial charge on any atom is 0.343 e. The van der Waals surface area contributed by atoms with Gasteiger partial charge in [0.2, 0.25) is 0 Å². The fraction of sp³-hybridized carbons (Fsp3) is 0.102. The summed E-state index contributed by atoms with van der Waals surface area (Å²) in [7, 11) is 0. The second-order valence-corrected chi connectivity index (χ2v) is 12.7. The Morgan fingerprint density at radius 1 is 0.421 bits per heavy atom. The van der Waals surface area contributed by atoms with Crippen LogP contribution in [0.15, 0.2) is 185 Å². The summed E-state index contributed by atoms with van der Waals surface area (Å²) in [6.07, 6.45) is 9.25. The van der Waals surface area contributed by atoms with Crippen LogP contribution in [0.2, 0.25) is 0 Å². The minimum Gasteiger partial charge on any atom is -0.422 e. The maximum atomic E-state index is 12.6. The molecule has 4 aromatic carbocycles. The van der Waals surface area contributed by atoms with Crippen molar-refractivity contribution in [1.82, 2.24) is 0 Å². The smallest absolute Gasteiger partial charge is 0.343 e. The van der Waals surface area contributed by atoms with Crippen molar-refractivity contribution in [3.63, 3.8) is 0 Å². The summed E-state index contributed by atoms with van der Waals surface area (Å²) in [6.45, 7) is 6.39. The molecule has 0 aromatic heterocycles. The Morgan fingerprint density at radius 2 is 0.719 bits per heavy atom. The predicted octanol–water partition coefficient (Wildman–Crippen LogP) is 9.63. The van der Waals surface area contributed by atoms with E-state index < -0.39 is 35.1 Å². The summed E-state index contributed by atoms with van der Waals surface area (Å²) < 4.78 is 10.9. The van der Waals surface area contributed by atoms with E-state index in [1.807, 2.05) is 91.0 Å². The molecule has 0 saturated heterocycles. The lowest BCUT2D eigenvalue weighted by Crippen LogP contribution is -2.12. The molecule has 8 heteroatoms. The number of Topliss-reactive ketones (excluding diaryl/α,β-unsaturated/α-hetero) is 4. The minimum atomic E-state index is -0.670. The van der Waals surface area contributed by atoms with Crippen molar-refractivity contribution >= 4 is 53.3 Å². The molecule has 0 amide bonds. The Kier molecular flexibility index (Phi) is 14.8. The summed E-state index contributed by atoms with van der Waals surface area (Å²) >= 11 is 0. The van der Waals surface area contributed by atoms with E-state index in [1.165, 1.54) is 18.2 Å². The van der Waals surface area contributed by atoms with Crippen LogP contribution >= 0.6 is 0 Å². The van der Waals surface area contributed by atoms with E-state index >= 15 is 0 Å². The number of ketones is 4. The van der Waals surface area contributed by atoms with Gasteiger partial charge in [-0.25, -0.2) is 9.59 Å². The van der Waals surface area contributed by atoms with E-state index in [0.29, 0.717) is 27.9 Å². The highest BCUT2D eigenvalue weighted by Crippen LogP contribution is 2.29.